The van der Waals surface area contributed by atoms with Crippen LogP contribution in [0.15, 0.2) is 42.5 Å². The monoisotopic (exact) mass is 447 g/mol. The van der Waals surface area contributed by atoms with E-state index in [0.29, 0.717) is 23.2 Å². The van der Waals surface area contributed by atoms with Crippen molar-refractivity contribution in [1.29, 1.82) is 0 Å². The molecule has 0 bridgehead atoms. The summed E-state index contributed by atoms with van der Waals surface area (Å²) in [5.41, 5.74) is 3.35. The second-order valence-electron chi connectivity index (χ2n) is 8.39. The Morgan fingerprint density at radius 1 is 0.939 bits per heavy atom. The molecular formula is C24H25N5O4. The number of amides is 4. The second kappa shape index (κ2) is 8.67. The van der Waals surface area contributed by atoms with Crippen LogP contribution in [0.4, 0.5) is 11.4 Å². The Hall–Kier alpha value is -3.72. The number of piperidine rings is 1. The average Bonchev–Trinajstić information content (AvgIpc) is 3.09. The highest BCUT2D eigenvalue weighted by Crippen LogP contribution is 2.31. The molecule has 170 valence electrons. The number of carbonyl (C=O) groups is 4. The molecule has 5 rings (SSSR count). The summed E-state index contributed by atoms with van der Waals surface area (Å²) in [6, 6.07) is 12.2. The molecule has 2 saturated heterocycles. The summed E-state index contributed by atoms with van der Waals surface area (Å²) >= 11 is 0. The summed E-state index contributed by atoms with van der Waals surface area (Å²) in [7, 11) is 0. The topological polar surface area (TPSA) is 111 Å². The molecule has 2 aromatic rings. The molecule has 3 aliphatic rings. The fraction of sp³-hybridized carbons (Fsp3) is 0.333. The van der Waals surface area contributed by atoms with Gasteiger partial charge >= 0.3 is 0 Å². The van der Waals surface area contributed by atoms with Crippen LogP contribution in [-0.2, 0) is 16.1 Å². The Morgan fingerprint density at radius 2 is 1.73 bits per heavy atom. The van der Waals surface area contributed by atoms with Gasteiger partial charge in [0.05, 0.1) is 22.5 Å². The highest BCUT2D eigenvalue weighted by Gasteiger charge is 2.45. The van der Waals surface area contributed by atoms with Crippen LogP contribution in [0.2, 0.25) is 0 Å². The summed E-state index contributed by atoms with van der Waals surface area (Å²) in [5, 5.41) is 9.01. The normalized spacial score (nSPS) is 20.7. The maximum absolute atomic E-state index is 13.3. The predicted molar refractivity (Wildman–Crippen MR) is 122 cm³/mol. The highest BCUT2D eigenvalue weighted by atomic mass is 16.2. The smallest absolute Gasteiger partial charge is 0.262 e. The van der Waals surface area contributed by atoms with Gasteiger partial charge in [-0.05, 0) is 30.2 Å². The number of rotatable bonds is 5. The third-order valence-corrected chi connectivity index (χ3v) is 6.39. The fourth-order valence-corrected chi connectivity index (χ4v) is 4.73. The standard InChI is InChI=1S/C24H25N5O4/c30-20-9-8-19(22(31)27-20)29-23(32)16-5-3-4-15(21(16)24(29)33)14-26-17-6-1-2-7-18(17)28-12-10-25-11-13-28/h1-7,19,25-26H,8-14H2,(H,27,30,31). The minimum atomic E-state index is -0.968. The van der Waals surface area contributed by atoms with Gasteiger partial charge in [-0.3, -0.25) is 29.4 Å². The first kappa shape index (κ1) is 21.1. The van der Waals surface area contributed by atoms with Gasteiger partial charge in [-0.1, -0.05) is 24.3 Å². The van der Waals surface area contributed by atoms with Gasteiger partial charge < -0.3 is 15.5 Å². The minimum Gasteiger partial charge on any atom is -0.379 e. The highest BCUT2D eigenvalue weighted by molar-refractivity contribution is 6.24. The zero-order chi connectivity index (χ0) is 22.9. The average molecular weight is 447 g/mol. The molecule has 3 N–H and O–H groups in total. The van der Waals surface area contributed by atoms with Crippen LogP contribution >= 0.6 is 0 Å². The number of piperazine rings is 1. The van der Waals surface area contributed by atoms with E-state index in [1.165, 1.54) is 0 Å². The van der Waals surface area contributed by atoms with Gasteiger partial charge in [0.1, 0.15) is 6.04 Å². The van der Waals surface area contributed by atoms with Crippen LogP contribution in [0.25, 0.3) is 0 Å². The number of hydrogen-bond donors (Lipinski definition) is 3. The Labute approximate surface area is 191 Å². The van der Waals surface area contributed by atoms with E-state index in [1.54, 1.807) is 12.1 Å². The van der Waals surface area contributed by atoms with E-state index in [1.807, 2.05) is 24.3 Å². The first-order valence-electron chi connectivity index (χ1n) is 11.2. The number of carbonyl (C=O) groups excluding carboxylic acids is 4. The maximum atomic E-state index is 13.3. The van der Waals surface area contributed by atoms with Gasteiger partial charge in [0.2, 0.25) is 11.8 Å². The van der Waals surface area contributed by atoms with E-state index < -0.39 is 23.8 Å². The quantitative estimate of drug-likeness (QED) is 0.589. The van der Waals surface area contributed by atoms with Gasteiger partial charge in [0, 0.05) is 39.1 Å². The fourth-order valence-electron chi connectivity index (χ4n) is 4.73. The molecule has 0 spiro atoms. The molecule has 9 nitrogen and oxygen atoms in total. The van der Waals surface area contributed by atoms with E-state index in [2.05, 4.69) is 26.9 Å². The van der Waals surface area contributed by atoms with E-state index in [0.717, 1.165) is 42.5 Å². The van der Waals surface area contributed by atoms with Crippen molar-refractivity contribution < 1.29 is 19.2 Å². The molecule has 1 unspecified atom stereocenters. The lowest BCUT2D eigenvalue weighted by molar-refractivity contribution is -0.136. The molecule has 2 aromatic carbocycles. The molecule has 2 fully saturated rings. The van der Waals surface area contributed by atoms with Gasteiger partial charge in [-0.2, -0.15) is 0 Å². The summed E-state index contributed by atoms with van der Waals surface area (Å²) in [4.78, 5) is 53.4. The molecule has 0 aromatic heterocycles. The van der Waals surface area contributed by atoms with Crippen LogP contribution in [0, 0.1) is 0 Å². The number of hydrogen-bond acceptors (Lipinski definition) is 7. The molecule has 0 radical (unpaired) electrons. The van der Waals surface area contributed by atoms with Crippen molar-refractivity contribution in [2.75, 3.05) is 36.4 Å². The molecule has 33 heavy (non-hydrogen) atoms. The summed E-state index contributed by atoms with van der Waals surface area (Å²) in [6.07, 6.45) is 0.239. The number of imide groups is 2. The first-order valence-corrected chi connectivity index (χ1v) is 11.2. The van der Waals surface area contributed by atoms with Crippen LogP contribution in [-0.4, -0.2) is 60.7 Å². The number of benzene rings is 2. The van der Waals surface area contributed by atoms with Crippen molar-refractivity contribution in [3.63, 3.8) is 0 Å². The van der Waals surface area contributed by atoms with Crippen molar-refractivity contribution >= 4 is 35.0 Å². The van der Waals surface area contributed by atoms with Gasteiger partial charge in [0.25, 0.3) is 11.8 Å². The van der Waals surface area contributed by atoms with Gasteiger partial charge in [-0.15, -0.1) is 0 Å². The first-order chi connectivity index (χ1) is 16.0. The lowest BCUT2D eigenvalue weighted by Gasteiger charge is -2.31. The Bertz CT molecular complexity index is 1140. The summed E-state index contributed by atoms with van der Waals surface area (Å²) < 4.78 is 0. The third-order valence-electron chi connectivity index (χ3n) is 6.39. The molecule has 1 atom stereocenters. The Kier molecular flexibility index (Phi) is 5.55. The zero-order valence-electron chi connectivity index (χ0n) is 18.1. The van der Waals surface area contributed by atoms with Crippen molar-refractivity contribution in [1.82, 2.24) is 15.5 Å². The van der Waals surface area contributed by atoms with Crippen molar-refractivity contribution in [3.8, 4) is 0 Å². The van der Waals surface area contributed by atoms with E-state index in [-0.39, 0.29) is 18.7 Å². The summed E-state index contributed by atoms with van der Waals surface area (Å²) in [5.74, 6) is -1.98. The van der Waals surface area contributed by atoms with Crippen LogP contribution in [0.5, 0.6) is 0 Å². The van der Waals surface area contributed by atoms with Crippen LogP contribution < -0.4 is 20.9 Å². The zero-order valence-corrected chi connectivity index (χ0v) is 18.1. The number of para-hydroxylation sites is 2. The molecule has 3 heterocycles. The lowest BCUT2D eigenvalue weighted by atomic mass is 10.0. The van der Waals surface area contributed by atoms with Crippen molar-refractivity contribution in [2.24, 2.45) is 0 Å². The van der Waals surface area contributed by atoms with Gasteiger partial charge in [-0.25, -0.2) is 0 Å². The predicted octanol–water partition coefficient (Wildman–Crippen LogP) is 1.11. The van der Waals surface area contributed by atoms with E-state index >= 15 is 0 Å². The number of anilines is 2. The van der Waals surface area contributed by atoms with Gasteiger partial charge in [0.15, 0.2) is 0 Å². The van der Waals surface area contributed by atoms with E-state index in [9.17, 15) is 19.2 Å². The Morgan fingerprint density at radius 3 is 2.52 bits per heavy atom. The molecular weight excluding hydrogens is 422 g/mol. The largest absolute Gasteiger partial charge is 0.379 e. The molecule has 4 amide bonds. The number of nitrogens with zero attached hydrogens (tertiary/aromatic N) is 2. The SMILES string of the molecule is O=C1CCC(N2C(=O)c3cccc(CNc4ccccc4N4CCNCC4)c3C2=O)C(=O)N1. The Balaban J connectivity index is 1.39. The maximum Gasteiger partial charge on any atom is 0.262 e. The third kappa shape index (κ3) is 3.84. The summed E-state index contributed by atoms with van der Waals surface area (Å²) in [6.45, 7) is 4.02. The van der Waals surface area contributed by atoms with Crippen LogP contribution in [0.3, 0.4) is 0 Å². The molecule has 3 aliphatic heterocycles. The second-order valence-corrected chi connectivity index (χ2v) is 8.39. The minimum absolute atomic E-state index is 0.0982. The number of fused-ring (bicyclic) bond motifs is 1. The van der Waals surface area contributed by atoms with E-state index in [4.69, 9.17) is 0 Å². The lowest BCUT2D eigenvalue weighted by Crippen LogP contribution is -2.54. The number of nitrogens with one attached hydrogen (secondary N) is 3. The van der Waals surface area contributed by atoms with Crippen LogP contribution in [0.1, 0.15) is 39.1 Å². The van der Waals surface area contributed by atoms with Crippen molar-refractivity contribution in [2.45, 2.75) is 25.4 Å². The van der Waals surface area contributed by atoms with Crippen molar-refractivity contribution in [3.05, 3.63) is 59.2 Å². The molecule has 0 saturated carbocycles. The molecule has 0 aliphatic carbocycles. The molecule has 9 heteroatoms.